The number of rotatable bonds is 9. The van der Waals surface area contributed by atoms with Crippen LogP contribution >= 0.6 is 11.3 Å². The van der Waals surface area contributed by atoms with Gasteiger partial charge in [-0.1, -0.05) is 42.5 Å². The number of aliphatic hydroxyl groups excluding tert-OH is 1. The molecule has 2 aromatic carbocycles. The lowest BCUT2D eigenvalue weighted by Crippen LogP contribution is -2.43. The number of ether oxygens (including phenoxy) is 3. The van der Waals surface area contributed by atoms with Crippen LogP contribution in [0.1, 0.15) is 27.0 Å². The van der Waals surface area contributed by atoms with E-state index < -0.39 is 23.5 Å². The topological polar surface area (TPSA) is 101 Å². The number of morpholine rings is 1. The Labute approximate surface area is 231 Å². The van der Waals surface area contributed by atoms with Crippen LogP contribution in [0.5, 0.6) is 11.5 Å². The summed E-state index contributed by atoms with van der Waals surface area (Å²) in [4.78, 5) is 36.4. The molecule has 1 aromatic heterocycles. The number of para-hydroxylation sites is 1. The minimum absolute atomic E-state index is 0.0138. The Kier molecular flexibility index (Phi) is 7.97. The van der Waals surface area contributed by atoms with Crippen molar-refractivity contribution in [2.75, 3.05) is 53.6 Å². The lowest BCUT2D eigenvalue weighted by molar-refractivity contribution is -0.129. The van der Waals surface area contributed by atoms with Crippen LogP contribution in [0.4, 0.5) is 0 Å². The molecule has 1 fully saturated rings. The molecule has 2 aliphatic heterocycles. The van der Waals surface area contributed by atoms with Crippen molar-refractivity contribution in [2.24, 2.45) is 0 Å². The zero-order chi connectivity index (χ0) is 27.5. The van der Waals surface area contributed by atoms with E-state index in [9.17, 15) is 14.7 Å². The molecule has 39 heavy (non-hydrogen) atoms. The number of methoxy groups -OCH3 is 2. The molecule has 5 rings (SSSR count). The van der Waals surface area contributed by atoms with Crippen LogP contribution in [0.2, 0.25) is 0 Å². The molecule has 10 heteroatoms. The van der Waals surface area contributed by atoms with E-state index in [1.165, 1.54) is 25.6 Å². The van der Waals surface area contributed by atoms with Crippen molar-refractivity contribution >= 4 is 23.0 Å². The van der Waals surface area contributed by atoms with Crippen LogP contribution in [-0.4, -0.2) is 85.2 Å². The van der Waals surface area contributed by atoms with Crippen LogP contribution < -0.4 is 9.47 Å². The van der Waals surface area contributed by atoms with E-state index >= 15 is 0 Å². The molecule has 9 nitrogen and oxygen atoms in total. The Bertz CT molecular complexity index is 1400. The average molecular weight is 550 g/mol. The quantitative estimate of drug-likeness (QED) is 0.399. The summed E-state index contributed by atoms with van der Waals surface area (Å²) < 4.78 is 16.7. The molecule has 1 unspecified atom stereocenters. The maximum atomic E-state index is 14.1. The number of nitrogens with zero attached hydrogens (tertiary/aromatic N) is 3. The van der Waals surface area contributed by atoms with E-state index in [1.54, 1.807) is 30.0 Å². The van der Waals surface area contributed by atoms with Crippen LogP contribution in [0, 0.1) is 6.92 Å². The van der Waals surface area contributed by atoms with Gasteiger partial charge in [-0.25, -0.2) is 4.98 Å². The first-order chi connectivity index (χ1) is 18.9. The number of ketones is 1. The van der Waals surface area contributed by atoms with Gasteiger partial charge in [-0.15, -0.1) is 11.3 Å². The number of Topliss-reactive ketones (excluding diaryl/α,β-unsaturated/α-hetero) is 1. The number of aliphatic hydroxyl groups is 1. The molecule has 0 aliphatic carbocycles. The summed E-state index contributed by atoms with van der Waals surface area (Å²) in [6.45, 7) is 5.41. The molecule has 0 bridgehead atoms. The third-order valence-corrected chi connectivity index (χ3v) is 8.27. The minimum Gasteiger partial charge on any atom is -0.503 e. The fourth-order valence-electron chi connectivity index (χ4n) is 5.07. The summed E-state index contributed by atoms with van der Waals surface area (Å²) >= 11 is 1.25. The average Bonchev–Trinajstić information content (AvgIpc) is 3.48. The highest BCUT2D eigenvalue weighted by molar-refractivity contribution is 7.17. The molecule has 0 saturated carbocycles. The molecule has 1 amide bonds. The Morgan fingerprint density at radius 1 is 1.08 bits per heavy atom. The summed E-state index contributed by atoms with van der Waals surface area (Å²) in [5, 5.41) is 11.9. The number of aromatic nitrogens is 1. The van der Waals surface area contributed by atoms with Gasteiger partial charge in [0.1, 0.15) is 5.01 Å². The van der Waals surface area contributed by atoms with Gasteiger partial charge in [0.05, 0.1) is 49.6 Å². The predicted octanol–water partition coefficient (Wildman–Crippen LogP) is 4.05. The highest BCUT2D eigenvalue weighted by atomic mass is 32.1. The molecule has 2 aliphatic rings. The van der Waals surface area contributed by atoms with Crippen LogP contribution in [-0.2, 0) is 9.53 Å². The second-order valence-electron chi connectivity index (χ2n) is 9.33. The second-order valence-corrected chi connectivity index (χ2v) is 10.3. The summed E-state index contributed by atoms with van der Waals surface area (Å²) in [5.41, 5.74) is 2.01. The molecular formula is C29H31N3O6S. The SMILES string of the molecule is COc1cccc(C2C(C(=O)c3sc(-c4ccccc4)nc3C)=C(O)C(=O)N2CCN2CCOCC2)c1OC. The van der Waals surface area contributed by atoms with Gasteiger partial charge >= 0.3 is 0 Å². The van der Waals surface area contributed by atoms with E-state index in [2.05, 4.69) is 9.88 Å². The van der Waals surface area contributed by atoms with Crippen molar-refractivity contribution in [1.29, 1.82) is 0 Å². The van der Waals surface area contributed by atoms with Gasteiger partial charge in [0.2, 0.25) is 5.78 Å². The number of hydrogen-bond acceptors (Lipinski definition) is 9. The molecule has 0 spiro atoms. The van der Waals surface area contributed by atoms with E-state index in [4.69, 9.17) is 14.2 Å². The number of thiazole rings is 1. The van der Waals surface area contributed by atoms with E-state index in [0.717, 1.165) is 18.7 Å². The number of amides is 1. The highest BCUT2D eigenvalue weighted by Crippen LogP contribution is 2.46. The molecule has 204 valence electrons. The second kappa shape index (κ2) is 11.6. The van der Waals surface area contributed by atoms with Gasteiger partial charge < -0.3 is 24.2 Å². The Morgan fingerprint density at radius 2 is 1.82 bits per heavy atom. The number of hydrogen-bond donors (Lipinski definition) is 1. The summed E-state index contributed by atoms with van der Waals surface area (Å²) in [7, 11) is 3.05. The minimum atomic E-state index is -0.863. The van der Waals surface area contributed by atoms with Gasteiger partial charge in [-0.3, -0.25) is 14.5 Å². The Balaban J connectivity index is 1.56. The van der Waals surface area contributed by atoms with Crippen LogP contribution in [0.25, 0.3) is 10.6 Å². The molecule has 1 N–H and O–H groups in total. The Morgan fingerprint density at radius 3 is 2.51 bits per heavy atom. The molecule has 1 atom stereocenters. The van der Waals surface area contributed by atoms with Crippen LogP contribution in [0.15, 0.2) is 59.9 Å². The zero-order valence-electron chi connectivity index (χ0n) is 22.2. The van der Waals surface area contributed by atoms with Crippen molar-refractivity contribution in [3.05, 3.63) is 76.0 Å². The summed E-state index contributed by atoms with van der Waals surface area (Å²) in [6.07, 6.45) is 0. The van der Waals surface area contributed by atoms with Crippen molar-refractivity contribution in [1.82, 2.24) is 14.8 Å². The molecule has 3 heterocycles. The normalized spacial score (nSPS) is 18.1. The van der Waals surface area contributed by atoms with Gasteiger partial charge in [0.25, 0.3) is 5.91 Å². The maximum Gasteiger partial charge on any atom is 0.290 e. The molecule has 1 saturated heterocycles. The van der Waals surface area contributed by atoms with Crippen molar-refractivity contribution in [3.8, 4) is 22.1 Å². The predicted molar refractivity (Wildman–Crippen MR) is 148 cm³/mol. The first-order valence-corrected chi connectivity index (χ1v) is 13.6. The number of aryl methyl sites for hydroxylation is 1. The third-order valence-electron chi connectivity index (χ3n) is 7.06. The van der Waals surface area contributed by atoms with Crippen LogP contribution in [0.3, 0.4) is 0 Å². The fourth-order valence-corrected chi connectivity index (χ4v) is 6.10. The summed E-state index contributed by atoms with van der Waals surface area (Å²) in [6, 6.07) is 14.1. The first kappa shape index (κ1) is 26.9. The number of benzene rings is 2. The Hall–Kier alpha value is -3.73. The van der Waals surface area contributed by atoms with E-state index in [1.807, 2.05) is 30.3 Å². The largest absolute Gasteiger partial charge is 0.503 e. The molecule has 0 radical (unpaired) electrons. The number of carbonyl (C=O) groups excluding carboxylic acids is 2. The molecular weight excluding hydrogens is 518 g/mol. The maximum absolute atomic E-state index is 14.1. The van der Waals surface area contributed by atoms with Gasteiger partial charge in [-0.2, -0.15) is 0 Å². The highest BCUT2D eigenvalue weighted by Gasteiger charge is 2.46. The van der Waals surface area contributed by atoms with Gasteiger partial charge in [0.15, 0.2) is 17.3 Å². The standard InChI is InChI=1S/C29H31N3O6S/c1-18-27(39-28(30-18)19-8-5-4-6-9-19)24(33)22-23(20-10-7-11-21(36-2)26(20)37-3)32(29(35)25(22)34)13-12-31-14-16-38-17-15-31/h4-11,23,34H,12-17H2,1-3H3. The lowest BCUT2D eigenvalue weighted by Gasteiger charge is -2.32. The fraction of sp³-hybridized carbons (Fsp3) is 0.345. The van der Waals surface area contributed by atoms with Crippen molar-refractivity contribution < 1.29 is 28.9 Å². The molecule has 3 aromatic rings. The number of carbonyl (C=O) groups is 2. The zero-order valence-corrected chi connectivity index (χ0v) is 23.0. The van der Waals surface area contributed by atoms with E-state index in [-0.39, 0.29) is 5.57 Å². The van der Waals surface area contributed by atoms with Gasteiger partial charge in [-0.05, 0) is 13.0 Å². The monoisotopic (exact) mass is 549 g/mol. The van der Waals surface area contributed by atoms with E-state index in [0.29, 0.717) is 58.9 Å². The summed E-state index contributed by atoms with van der Waals surface area (Å²) in [5.74, 6) is -0.700. The first-order valence-electron chi connectivity index (χ1n) is 12.8. The van der Waals surface area contributed by atoms with Crippen molar-refractivity contribution in [3.63, 3.8) is 0 Å². The van der Waals surface area contributed by atoms with Crippen molar-refractivity contribution in [2.45, 2.75) is 13.0 Å². The third kappa shape index (κ3) is 5.15. The van der Waals surface area contributed by atoms with Gasteiger partial charge in [0, 0.05) is 37.3 Å². The smallest absolute Gasteiger partial charge is 0.290 e. The lowest BCUT2D eigenvalue weighted by atomic mass is 9.94.